The summed E-state index contributed by atoms with van der Waals surface area (Å²) in [7, 11) is 0. The molecule has 0 N–H and O–H groups in total. The average molecular weight is 200 g/mol. The Hall–Kier alpha value is -1.34. The van der Waals surface area contributed by atoms with Crippen molar-refractivity contribution in [3.05, 3.63) is 53.6 Å². The topological polar surface area (TPSA) is 9.23 Å². The second-order valence-corrected chi connectivity index (χ2v) is 4.01. The summed E-state index contributed by atoms with van der Waals surface area (Å²) in [6.45, 7) is 6.80. The van der Waals surface area contributed by atoms with Crippen molar-refractivity contribution in [2.24, 2.45) is 0 Å². The highest BCUT2D eigenvalue weighted by Gasteiger charge is 2.15. The van der Waals surface area contributed by atoms with Crippen LogP contribution in [0.2, 0.25) is 0 Å². The van der Waals surface area contributed by atoms with Crippen molar-refractivity contribution in [3.8, 4) is 0 Å². The summed E-state index contributed by atoms with van der Waals surface area (Å²) >= 11 is 0. The van der Waals surface area contributed by atoms with Crippen molar-refractivity contribution in [2.45, 2.75) is 19.4 Å². The molecule has 0 aliphatic carbocycles. The van der Waals surface area contributed by atoms with Crippen molar-refractivity contribution in [1.29, 1.82) is 0 Å². The summed E-state index contributed by atoms with van der Waals surface area (Å²) < 4.78 is 5.52. The van der Waals surface area contributed by atoms with Crippen LogP contribution in [0.25, 0.3) is 6.08 Å². The fourth-order valence-electron chi connectivity index (χ4n) is 1.76. The Morgan fingerprint density at radius 2 is 2.07 bits per heavy atom. The Kier molecular flexibility index (Phi) is 3.02. The molecule has 1 aliphatic heterocycles. The number of benzene rings is 1. The molecule has 15 heavy (non-hydrogen) atoms. The summed E-state index contributed by atoms with van der Waals surface area (Å²) in [6.07, 6.45) is 3.49. The number of hydrogen-bond donors (Lipinski definition) is 0. The van der Waals surface area contributed by atoms with Gasteiger partial charge in [0.15, 0.2) is 0 Å². The summed E-state index contributed by atoms with van der Waals surface area (Å²) in [5.74, 6) is 0. The van der Waals surface area contributed by atoms with Gasteiger partial charge < -0.3 is 4.74 Å². The fraction of sp³-hybridized carbons (Fsp3) is 0.286. The Balaban J connectivity index is 2.22. The quantitative estimate of drug-likeness (QED) is 0.674. The van der Waals surface area contributed by atoms with E-state index in [2.05, 4.69) is 43.8 Å². The molecule has 0 saturated carbocycles. The maximum absolute atomic E-state index is 5.52. The molecule has 1 fully saturated rings. The largest absolute Gasteiger partial charge is 0.373 e. The van der Waals surface area contributed by atoms with Crippen LogP contribution >= 0.6 is 0 Å². The minimum Gasteiger partial charge on any atom is -0.373 e. The summed E-state index contributed by atoms with van der Waals surface area (Å²) in [5.41, 5.74) is 3.67. The zero-order chi connectivity index (χ0) is 10.7. The van der Waals surface area contributed by atoms with E-state index in [4.69, 9.17) is 4.74 Å². The normalized spacial score (nSPS) is 24.5. The zero-order valence-electron chi connectivity index (χ0n) is 9.07. The third-order valence-corrected chi connectivity index (χ3v) is 2.64. The molecule has 1 heteroatoms. The van der Waals surface area contributed by atoms with Gasteiger partial charge in [0.05, 0.1) is 12.7 Å². The molecule has 1 aromatic rings. The predicted molar refractivity (Wildman–Crippen MR) is 63.6 cm³/mol. The molecule has 0 amide bonds. The van der Waals surface area contributed by atoms with Crippen LogP contribution in [-0.2, 0) is 4.74 Å². The van der Waals surface area contributed by atoms with E-state index in [1.54, 1.807) is 0 Å². The van der Waals surface area contributed by atoms with Gasteiger partial charge in [-0.05, 0) is 30.1 Å². The van der Waals surface area contributed by atoms with Gasteiger partial charge in [0.25, 0.3) is 0 Å². The monoisotopic (exact) mass is 200 g/mol. The first kappa shape index (κ1) is 10.2. The van der Waals surface area contributed by atoms with E-state index < -0.39 is 0 Å². The van der Waals surface area contributed by atoms with Crippen molar-refractivity contribution in [1.82, 2.24) is 0 Å². The molecule has 1 aliphatic rings. The first-order chi connectivity index (χ1) is 7.25. The lowest BCUT2D eigenvalue weighted by Crippen LogP contribution is -2.18. The Morgan fingerprint density at radius 3 is 2.80 bits per heavy atom. The second-order valence-electron chi connectivity index (χ2n) is 4.01. The molecule has 1 aromatic carbocycles. The van der Waals surface area contributed by atoms with Gasteiger partial charge in [-0.2, -0.15) is 0 Å². The van der Waals surface area contributed by atoms with Crippen LogP contribution in [0.3, 0.4) is 0 Å². The molecule has 0 aromatic heterocycles. The van der Waals surface area contributed by atoms with Crippen molar-refractivity contribution in [2.75, 3.05) is 6.61 Å². The maximum Gasteiger partial charge on any atom is 0.0717 e. The predicted octanol–water partition coefficient (Wildman–Crippen LogP) is 3.44. The lowest BCUT2D eigenvalue weighted by Gasteiger charge is -2.23. The van der Waals surface area contributed by atoms with Crippen molar-refractivity contribution < 1.29 is 4.74 Å². The first-order valence-corrected chi connectivity index (χ1v) is 5.31. The summed E-state index contributed by atoms with van der Waals surface area (Å²) in [4.78, 5) is 0. The molecule has 2 rings (SSSR count). The highest BCUT2D eigenvalue weighted by Crippen LogP contribution is 2.25. The van der Waals surface area contributed by atoms with E-state index in [9.17, 15) is 0 Å². The van der Waals surface area contributed by atoms with Gasteiger partial charge in [-0.3, -0.25) is 0 Å². The molecule has 0 radical (unpaired) electrons. The van der Waals surface area contributed by atoms with Gasteiger partial charge in [0.2, 0.25) is 0 Å². The smallest absolute Gasteiger partial charge is 0.0717 e. The standard InChI is InChI=1S/C14H16O/c1-11-10-15-12(2)8-14(11)9-13-6-4-3-5-7-13/h3-7,9,12H,1,8,10H2,2H3/b14-9-. The Labute approximate surface area is 91.1 Å². The lowest BCUT2D eigenvalue weighted by atomic mass is 9.97. The van der Waals surface area contributed by atoms with Gasteiger partial charge in [-0.25, -0.2) is 0 Å². The summed E-state index contributed by atoms with van der Waals surface area (Å²) in [5, 5.41) is 0. The van der Waals surface area contributed by atoms with Crippen LogP contribution < -0.4 is 0 Å². The SMILES string of the molecule is C=C1COC(C)C/C1=C/c1ccccc1. The van der Waals surface area contributed by atoms with Crippen molar-refractivity contribution in [3.63, 3.8) is 0 Å². The molecule has 1 atom stereocenters. The molecule has 78 valence electrons. The molecule has 1 saturated heterocycles. The molecule has 1 nitrogen and oxygen atoms in total. The third kappa shape index (κ3) is 2.57. The number of ether oxygens (including phenoxy) is 1. The van der Waals surface area contributed by atoms with E-state index in [0.29, 0.717) is 12.7 Å². The van der Waals surface area contributed by atoms with Crippen LogP contribution in [-0.4, -0.2) is 12.7 Å². The highest BCUT2D eigenvalue weighted by atomic mass is 16.5. The highest BCUT2D eigenvalue weighted by molar-refractivity contribution is 5.58. The second kappa shape index (κ2) is 4.45. The minimum absolute atomic E-state index is 0.311. The van der Waals surface area contributed by atoms with E-state index in [0.717, 1.165) is 12.0 Å². The molecule has 0 bridgehead atoms. The van der Waals surface area contributed by atoms with Gasteiger partial charge in [-0.1, -0.05) is 43.0 Å². The van der Waals surface area contributed by atoms with Gasteiger partial charge in [-0.15, -0.1) is 0 Å². The molecular formula is C14H16O. The maximum atomic E-state index is 5.52. The van der Waals surface area contributed by atoms with Crippen LogP contribution in [0.1, 0.15) is 18.9 Å². The number of rotatable bonds is 1. The lowest BCUT2D eigenvalue weighted by molar-refractivity contribution is 0.0716. The molecular weight excluding hydrogens is 184 g/mol. The zero-order valence-corrected chi connectivity index (χ0v) is 9.07. The third-order valence-electron chi connectivity index (χ3n) is 2.64. The Morgan fingerprint density at radius 1 is 1.33 bits per heavy atom. The van der Waals surface area contributed by atoms with E-state index in [1.165, 1.54) is 11.1 Å². The van der Waals surface area contributed by atoms with E-state index >= 15 is 0 Å². The summed E-state index contributed by atoms with van der Waals surface area (Å²) in [6, 6.07) is 10.4. The van der Waals surface area contributed by atoms with E-state index in [-0.39, 0.29) is 0 Å². The molecule has 1 unspecified atom stereocenters. The van der Waals surface area contributed by atoms with E-state index in [1.807, 2.05) is 6.07 Å². The average Bonchev–Trinajstić information content (AvgIpc) is 2.25. The molecule has 1 heterocycles. The van der Waals surface area contributed by atoms with Crippen LogP contribution in [0, 0.1) is 0 Å². The van der Waals surface area contributed by atoms with Gasteiger partial charge in [0.1, 0.15) is 0 Å². The van der Waals surface area contributed by atoms with Crippen LogP contribution in [0.4, 0.5) is 0 Å². The van der Waals surface area contributed by atoms with Gasteiger partial charge >= 0.3 is 0 Å². The van der Waals surface area contributed by atoms with Crippen LogP contribution in [0.5, 0.6) is 0 Å². The van der Waals surface area contributed by atoms with Crippen LogP contribution in [0.15, 0.2) is 48.1 Å². The van der Waals surface area contributed by atoms with Crippen molar-refractivity contribution >= 4 is 6.08 Å². The van der Waals surface area contributed by atoms with Gasteiger partial charge in [0, 0.05) is 0 Å². The molecule has 0 spiro atoms. The Bertz CT molecular complexity index is 376. The first-order valence-electron chi connectivity index (χ1n) is 5.31. The fourth-order valence-corrected chi connectivity index (χ4v) is 1.76. The minimum atomic E-state index is 0.311. The number of hydrogen-bond acceptors (Lipinski definition) is 1.